The molecule has 2 aromatic rings. The first-order valence-electron chi connectivity index (χ1n) is 5.44. The number of hydrazine groups is 1. The number of nitrogens with zero attached hydrogens (tertiary/aromatic N) is 3. The van der Waals surface area contributed by atoms with Crippen LogP contribution >= 0.6 is 15.9 Å². The van der Waals surface area contributed by atoms with Crippen LogP contribution in [0.2, 0.25) is 0 Å². The van der Waals surface area contributed by atoms with E-state index in [2.05, 4.69) is 46.2 Å². The van der Waals surface area contributed by atoms with Crippen molar-refractivity contribution in [3.8, 4) is 0 Å². The quantitative estimate of drug-likeness (QED) is 0.443. The van der Waals surface area contributed by atoms with Crippen molar-refractivity contribution >= 4 is 31.8 Å². The highest BCUT2D eigenvalue weighted by Crippen LogP contribution is 2.23. The summed E-state index contributed by atoms with van der Waals surface area (Å²) >= 11 is 3.17. The van der Waals surface area contributed by atoms with Crippen molar-refractivity contribution in [2.24, 2.45) is 5.84 Å². The Balaban J connectivity index is 2.33. The van der Waals surface area contributed by atoms with Crippen LogP contribution < -0.4 is 16.0 Å². The molecule has 0 amide bonds. The highest BCUT2D eigenvalue weighted by molar-refractivity contribution is 9.10. The fourth-order valence-corrected chi connectivity index (χ4v) is 3.34. The Morgan fingerprint density at radius 3 is 2.80 bits per heavy atom. The summed E-state index contributed by atoms with van der Waals surface area (Å²) in [4.78, 5) is 7.72. The van der Waals surface area contributed by atoms with Crippen LogP contribution in [0.1, 0.15) is 18.8 Å². The fourth-order valence-electron chi connectivity index (χ4n) is 1.51. The number of H-pyrrole nitrogens is 1. The molecule has 0 aliphatic heterocycles. The lowest BCUT2D eigenvalue weighted by Gasteiger charge is -2.14. The number of aromatic amines is 1. The predicted molar refractivity (Wildman–Crippen MR) is 74.9 cm³/mol. The number of anilines is 1. The zero-order chi connectivity index (χ0) is 14.8. The smallest absolute Gasteiger partial charge is 0.244 e. The number of nitrogens with two attached hydrogens (primary N) is 1. The van der Waals surface area contributed by atoms with Gasteiger partial charge in [0.25, 0.3) is 0 Å². The molecule has 0 saturated heterocycles. The molecule has 5 N–H and O–H groups in total. The van der Waals surface area contributed by atoms with Gasteiger partial charge in [-0.3, -0.25) is 5.10 Å². The summed E-state index contributed by atoms with van der Waals surface area (Å²) in [6.07, 6.45) is 2.74. The second-order valence-corrected chi connectivity index (χ2v) is 6.46. The van der Waals surface area contributed by atoms with E-state index in [0.29, 0.717) is 10.3 Å². The lowest BCUT2D eigenvalue weighted by Crippen LogP contribution is -2.29. The number of pyridine rings is 1. The Hall–Kier alpha value is -1.56. The van der Waals surface area contributed by atoms with Gasteiger partial charge < -0.3 is 5.43 Å². The molecule has 0 aromatic carbocycles. The topological polar surface area (TPSA) is 139 Å². The molecule has 1 unspecified atom stereocenters. The van der Waals surface area contributed by atoms with E-state index in [0.717, 1.165) is 0 Å². The first-order valence-corrected chi connectivity index (χ1v) is 7.71. The van der Waals surface area contributed by atoms with Crippen LogP contribution in [0.25, 0.3) is 0 Å². The Kier molecular flexibility index (Phi) is 4.32. The third-order valence-corrected chi connectivity index (χ3v) is 4.41. The number of aromatic nitrogens is 4. The third kappa shape index (κ3) is 3.12. The Morgan fingerprint density at radius 2 is 2.20 bits per heavy atom. The van der Waals surface area contributed by atoms with Crippen LogP contribution in [0.15, 0.2) is 28.0 Å². The van der Waals surface area contributed by atoms with Gasteiger partial charge in [0.1, 0.15) is 17.0 Å². The summed E-state index contributed by atoms with van der Waals surface area (Å²) in [7, 11) is -3.82. The van der Waals surface area contributed by atoms with Crippen LogP contribution in [-0.2, 0) is 10.0 Å². The average Bonchev–Trinajstić information content (AvgIpc) is 2.92. The third-order valence-electron chi connectivity index (χ3n) is 2.42. The largest absolute Gasteiger partial charge is 0.307 e. The molecule has 0 saturated carbocycles. The standard InChI is InChI=1S/C9H12BrN7O2S/c1-5(8-13-4-14-16-8)17-20(18,19)7-2-6(10)3-12-9(7)15-11/h2-5,17H,11H2,1H3,(H,12,15)(H,13,14,16). The normalized spacial score (nSPS) is 13.2. The maximum Gasteiger partial charge on any atom is 0.244 e. The number of sulfonamides is 1. The van der Waals surface area contributed by atoms with Crippen molar-refractivity contribution in [3.05, 3.63) is 28.9 Å². The van der Waals surface area contributed by atoms with Gasteiger partial charge in [0.05, 0.1) is 6.04 Å². The molecule has 0 fully saturated rings. The maximum absolute atomic E-state index is 12.3. The highest BCUT2D eigenvalue weighted by atomic mass is 79.9. The van der Waals surface area contributed by atoms with Crippen LogP contribution in [0.4, 0.5) is 5.82 Å². The monoisotopic (exact) mass is 361 g/mol. The predicted octanol–water partition coefficient (Wildman–Crippen LogP) is 0.287. The minimum atomic E-state index is -3.82. The van der Waals surface area contributed by atoms with Crippen molar-refractivity contribution in [1.29, 1.82) is 0 Å². The number of halogens is 1. The molecule has 0 spiro atoms. The zero-order valence-corrected chi connectivity index (χ0v) is 12.7. The summed E-state index contributed by atoms with van der Waals surface area (Å²) in [6.45, 7) is 1.64. The summed E-state index contributed by atoms with van der Waals surface area (Å²) in [5.74, 6) is 5.72. The van der Waals surface area contributed by atoms with Gasteiger partial charge >= 0.3 is 0 Å². The Bertz CT molecular complexity index is 688. The Labute approximate surface area is 123 Å². The molecule has 2 heterocycles. The summed E-state index contributed by atoms with van der Waals surface area (Å²) in [5, 5.41) is 6.27. The number of hydrogen-bond donors (Lipinski definition) is 4. The molecule has 9 nitrogen and oxygen atoms in total. The second-order valence-electron chi connectivity index (χ2n) is 3.86. The molecule has 0 aliphatic carbocycles. The summed E-state index contributed by atoms with van der Waals surface area (Å²) < 4.78 is 27.7. The number of nitrogen functional groups attached to an aromatic ring is 1. The van der Waals surface area contributed by atoms with Crippen molar-refractivity contribution in [1.82, 2.24) is 24.9 Å². The maximum atomic E-state index is 12.3. The minimum absolute atomic E-state index is 0.0467. The molecule has 0 bridgehead atoms. The van der Waals surface area contributed by atoms with Gasteiger partial charge in [-0.05, 0) is 28.9 Å². The van der Waals surface area contributed by atoms with E-state index < -0.39 is 16.1 Å². The number of hydrogen-bond acceptors (Lipinski definition) is 7. The van der Waals surface area contributed by atoms with Crippen LogP contribution in [0.3, 0.4) is 0 Å². The van der Waals surface area contributed by atoms with Gasteiger partial charge in [-0.25, -0.2) is 29.0 Å². The van der Waals surface area contributed by atoms with Gasteiger partial charge in [0, 0.05) is 10.7 Å². The average molecular weight is 362 g/mol. The van der Waals surface area contributed by atoms with E-state index >= 15 is 0 Å². The zero-order valence-electron chi connectivity index (χ0n) is 10.3. The summed E-state index contributed by atoms with van der Waals surface area (Å²) in [5.41, 5.74) is 2.25. The highest BCUT2D eigenvalue weighted by Gasteiger charge is 2.23. The molecule has 0 aliphatic rings. The van der Waals surface area contributed by atoms with Crippen LogP contribution in [-0.4, -0.2) is 28.6 Å². The molecule has 108 valence electrons. The minimum Gasteiger partial charge on any atom is -0.307 e. The van der Waals surface area contributed by atoms with Gasteiger partial charge in [-0.2, -0.15) is 5.10 Å². The van der Waals surface area contributed by atoms with Crippen LogP contribution in [0, 0.1) is 0 Å². The molecule has 11 heteroatoms. The molecule has 20 heavy (non-hydrogen) atoms. The molecule has 2 aromatic heterocycles. The van der Waals surface area contributed by atoms with Gasteiger partial charge in [-0.15, -0.1) is 0 Å². The molecular weight excluding hydrogens is 350 g/mol. The van der Waals surface area contributed by atoms with E-state index in [9.17, 15) is 8.42 Å². The van der Waals surface area contributed by atoms with E-state index in [1.165, 1.54) is 18.6 Å². The van der Waals surface area contributed by atoms with Crippen molar-refractivity contribution in [2.45, 2.75) is 17.9 Å². The SMILES string of the molecule is CC(NS(=O)(=O)c1cc(Br)cnc1NN)c1ncn[nH]1. The van der Waals surface area contributed by atoms with E-state index in [1.807, 2.05) is 0 Å². The van der Waals surface area contributed by atoms with E-state index in [1.54, 1.807) is 6.92 Å². The molecule has 0 radical (unpaired) electrons. The summed E-state index contributed by atoms with van der Waals surface area (Å²) in [6, 6.07) is 0.824. The van der Waals surface area contributed by atoms with Gasteiger partial charge in [0.15, 0.2) is 5.82 Å². The molecule has 1 atom stereocenters. The number of rotatable bonds is 5. The van der Waals surface area contributed by atoms with Crippen molar-refractivity contribution in [3.63, 3.8) is 0 Å². The molecular formula is C9H12BrN7O2S. The second kappa shape index (κ2) is 5.83. The van der Waals surface area contributed by atoms with E-state index in [-0.39, 0.29) is 10.7 Å². The number of nitrogens with one attached hydrogen (secondary N) is 3. The first kappa shape index (κ1) is 14.8. The fraction of sp³-hybridized carbons (Fsp3) is 0.222. The van der Waals surface area contributed by atoms with E-state index in [4.69, 9.17) is 5.84 Å². The first-order chi connectivity index (χ1) is 9.44. The lowest BCUT2D eigenvalue weighted by molar-refractivity contribution is 0.560. The van der Waals surface area contributed by atoms with Crippen molar-refractivity contribution in [2.75, 3.05) is 5.43 Å². The van der Waals surface area contributed by atoms with Gasteiger partial charge in [-0.1, -0.05) is 0 Å². The van der Waals surface area contributed by atoms with Gasteiger partial charge in [0.2, 0.25) is 10.0 Å². The molecule has 2 rings (SSSR count). The Morgan fingerprint density at radius 1 is 1.45 bits per heavy atom. The van der Waals surface area contributed by atoms with Crippen LogP contribution in [0.5, 0.6) is 0 Å². The van der Waals surface area contributed by atoms with Crippen molar-refractivity contribution < 1.29 is 8.42 Å². The lowest BCUT2D eigenvalue weighted by atomic mass is 10.3.